The number of nitro benzene ring substituents is 1. The lowest BCUT2D eigenvalue weighted by Crippen LogP contribution is -2.22. The van der Waals surface area contributed by atoms with Gasteiger partial charge in [0.05, 0.1) is 10.9 Å². The molecule has 0 saturated carbocycles. The summed E-state index contributed by atoms with van der Waals surface area (Å²) in [5.74, 6) is -1.53. The number of nitro groups is 1. The van der Waals surface area contributed by atoms with Crippen molar-refractivity contribution in [1.29, 1.82) is 0 Å². The molecule has 0 aliphatic rings. The molecule has 74 valence electrons. The first-order chi connectivity index (χ1) is 6.45. The van der Waals surface area contributed by atoms with E-state index < -0.39 is 21.6 Å². The number of hydrogen-bond acceptors (Lipinski definition) is 4. The van der Waals surface area contributed by atoms with Crippen LogP contribution < -0.4 is 5.11 Å². The van der Waals surface area contributed by atoms with Crippen molar-refractivity contribution in [2.24, 2.45) is 0 Å². The summed E-state index contributed by atoms with van der Waals surface area (Å²) < 4.78 is 0. The highest BCUT2D eigenvalue weighted by atomic mass is 35.5. The standard InChI is InChI=1S/C8H6ClNO4/c1-4-2-3-5(8(11)12)6(9)7(4)10(13)14/h2-3H,1H3,(H,11,12)/p-1. The second-order valence-electron chi connectivity index (χ2n) is 2.64. The van der Waals surface area contributed by atoms with Crippen LogP contribution in [-0.4, -0.2) is 10.9 Å². The predicted octanol–water partition coefficient (Wildman–Crippen LogP) is 0.920. The predicted molar refractivity (Wildman–Crippen MR) is 47.2 cm³/mol. The highest BCUT2D eigenvalue weighted by Crippen LogP contribution is 2.30. The molecule has 0 amide bonds. The topological polar surface area (TPSA) is 83.3 Å². The van der Waals surface area contributed by atoms with Crippen molar-refractivity contribution in [2.45, 2.75) is 6.92 Å². The molecule has 1 aromatic rings. The number of rotatable bonds is 2. The minimum Gasteiger partial charge on any atom is -0.545 e. The molecule has 6 heteroatoms. The SMILES string of the molecule is Cc1ccc(C(=O)[O-])c(Cl)c1[N+](=O)[O-]. The van der Waals surface area contributed by atoms with Crippen LogP contribution in [-0.2, 0) is 0 Å². The van der Waals surface area contributed by atoms with Crippen LogP contribution in [0.3, 0.4) is 0 Å². The molecule has 0 N–H and O–H groups in total. The van der Waals surface area contributed by atoms with Gasteiger partial charge in [0, 0.05) is 11.1 Å². The molecule has 0 aliphatic carbocycles. The van der Waals surface area contributed by atoms with Gasteiger partial charge in [0.1, 0.15) is 5.02 Å². The monoisotopic (exact) mass is 214 g/mol. The van der Waals surface area contributed by atoms with Crippen molar-refractivity contribution in [3.05, 3.63) is 38.4 Å². The summed E-state index contributed by atoms with van der Waals surface area (Å²) in [7, 11) is 0. The average molecular weight is 215 g/mol. The van der Waals surface area contributed by atoms with E-state index >= 15 is 0 Å². The summed E-state index contributed by atoms with van der Waals surface area (Å²) in [6.45, 7) is 1.48. The molecular weight excluding hydrogens is 210 g/mol. The molecule has 0 radical (unpaired) electrons. The summed E-state index contributed by atoms with van der Waals surface area (Å²) >= 11 is 5.54. The van der Waals surface area contributed by atoms with Gasteiger partial charge >= 0.3 is 0 Å². The lowest BCUT2D eigenvalue weighted by atomic mass is 10.1. The van der Waals surface area contributed by atoms with E-state index in [9.17, 15) is 20.0 Å². The summed E-state index contributed by atoms with van der Waals surface area (Å²) in [4.78, 5) is 20.3. The first kappa shape index (κ1) is 10.5. The van der Waals surface area contributed by atoms with E-state index in [1.165, 1.54) is 19.1 Å². The van der Waals surface area contributed by atoms with E-state index in [-0.39, 0.29) is 5.56 Å². The molecule has 0 atom stereocenters. The lowest BCUT2D eigenvalue weighted by Gasteiger charge is -2.06. The Morgan fingerprint density at radius 1 is 1.50 bits per heavy atom. The van der Waals surface area contributed by atoms with Crippen LogP contribution in [0.15, 0.2) is 12.1 Å². The fourth-order valence-corrected chi connectivity index (χ4v) is 1.40. The van der Waals surface area contributed by atoms with Gasteiger partial charge in [-0.2, -0.15) is 0 Å². The van der Waals surface area contributed by atoms with Crippen molar-refractivity contribution in [3.8, 4) is 0 Å². The molecule has 0 aromatic heterocycles. The van der Waals surface area contributed by atoms with Gasteiger partial charge < -0.3 is 9.90 Å². The Labute approximate surface area is 84.1 Å². The number of nitrogens with zero attached hydrogens (tertiary/aromatic N) is 1. The molecular formula is C8H5ClNO4-. The number of carbonyl (C=O) groups is 1. The summed E-state index contributed by atoms with van der Waals surface area (Å²) in [6, 6.07) is 2.50. The van der Waals surface area contributed by atoms with Crippen LogP contribution in [0, 0.1) is 17.0 Å². The van der Waals surface area contributed by atoms with Crippen LogP contribution in [0.4, 0.5) is 5.69 Å². The number of carbonyl (C=O) groups excluding carboxylic acids is 1. The van der Waals surface area contributed by atoms with E-state index in [1.807, 2.05) is 0 Å². The number of aromatic carboxylic acids is 1. The lowest BCUT2D eigenvalue weighted by molar-refractivity contribution is -0.385. The Morgan fingerprint density at radius 2 is 2.07 bits per heavy atom. The van der Waals surface area contributed by atoms with Gasteiger partial charge in [-0.05, 0) is 6.92 Å². The Morgan fingerprint density at radius 3 is 2.50 bits per heavy atom. The molecule has 14 heavy (non-hydrogen) atoms. The van der Waals surface area contributed by atoms with Crippen LogP contribution in [0.2, 0.25) is 5.02 Å². The number of benzene rings is 1. The normalized spacial score (nSPS) is 9.86. The van der Waals surface area contributed by atoms with Crippen LogP contribution in [0.5, 0.6) is 0 Å². The van der Waals surface area contributed by atoms with E-state index in [1.54, 1.807) is 0 Å². The number of carboxylic acid groups (broad SMARTS) is 1. The van der Waals surface area contributed by atoms with Crippen molar-refractivity contribution in [2.75, 3.05) is 0 Å². The fourth-order valence-electron chi connectivity index (χ4n) is 1.04. The van der Waals surface area contributed by atoms with Crippen molar-refractivity contribution in [3.63, 3.8) is 0 Å². The maximum atomic E-state index is 10.5. The molecule has 0 spiro atoms. The van der Waals surface area contributed by atoms with Crippen molar-refractivity contribution >= 4 is 23.3 Å². The van der Waals surface area contributed by atoms with E-state index in [0.29, 0.717) is 5.56 Å². The molecule has 0 bridgehead atoms. The minimum absolute atomic E-state index is 0.310. The first-order valence-corrected chi connectivity index (χ1v) is 3.97. The molecule has 5 nitrogen and oxygen atoms in total. The van der Waals surface area contributed by atoms with Crippen molar-refractivity contribution in [1.82, 2.24) is 0 Å². The Bertz CT molecular complexity index is 416. The summed E-state index contributed by atoms with van der Waals surface area (Å²) in [6.07, 6.45) is 0. The van der Waals surface area contributed by atoms with E-state index in [2.05, 4.69) is 0 Å². The Balaban J connectivity index is 3.49. The van der Waals surface area contributed by atoms with Gasteiger partial charge in [-0.3, -0.25) is 10.1 Å². The molecule has 1 aromatic carbocycles. The van der Waals surface area contributed by atoms with Crippen molar-refractivity contribution < 1.29 is 14.8 Å². The van der Waals surface area contributed by atoms with Crippen LogP contribution in [0.1, 0.15) is 15.9 Å². The molecule has 0 saturated heterocycles. The highest BCUT2D eigenvalue weighted by Gasteiger charge is 2.19. The number of aryl methyl sites for hydroxylation is 1. The maximum Gasteiger partial charge on any atom is 0.291 e. The minimum atomic E-state index is -1.53. The molecule has 0 unspecified atom stereocenters. The third-order valence-corrected chi connectivity index (χ3v) is 2.10. The van der Waals surface area contributed by atoms with Gasteiger partial charge in [-0.15, -0.1) is 0 Å². The van der Waals surface area contributed by atoms with Gasteiger partial charge in [0.15, 0.2) is 0 Å². The van der Waals surface area contributed by atoms with Gasteiger partial charge in [0.2, 0.25) is 0 Å². The van der Waals surface area contributed by atoms with Gasteiger partial charge in [-0.25, -0.2) is 0 Å². The average Bonchev–Trinajstić information content (AvgIpc) is 2.02. The zero-order chi connectivity index (χ0) is 10.9. The smallest absolute Gasteiger partial charge is 0.291 e. The molecule has 1 rings (SSSR count). The van der Waals surface area contributed by atoms with Gasteiger partial charge in [0.25, 0.3) is 5.69 Å². The summed E-state index contributed by atoms with van der Waals surface area (Å²) in [5, 5.41) is 20.6. The second kappa shape index (κ2) is 3.63. The number of hydrogen-bond donors (Lipinski definition) is 0. The van der Waals surface area contributed by atoms with Gasteiger partial charge in [-0.1, -0.05) is 23.7 Å². The largest absolute Gasteiger partial charge is 0.545 e. The van der Waals surface area contributed by atoms with E-state index in [0.717, 1.165) is 0 Å². The first-order valence-electron chi connectivity index (χ1n) is 3.60. The highest BCUT2D eigenvalue weighted by molar-refractivity contribution is 6.35. The molecule has 0 aliphatic heterocycles. The molecule has 0 heterocycles. The maximum absolute atomic E-state index is 10.5. The number of carboxylic acids is 1. The van der Waals surface area contributed by atoms with Crippen LogP contribution >= 0.6 is 11.6 Å². The fraction of sp³-hybridized carbons (Fsp3) is 0.125. The molecule has 0 fully saturated rings. The Kier molecular flexibility index (Phi) is 2.71. The summed E-state index contributed by atoms with van der Waals surface area (Å²) in [5.41, 5.74) is -0.456. The Hall–Kier alpha value is -1.62. The van der Waals surface area contributed by atoms with Crippen LogP contribution in [0.25, 0.3) is 0 Å². The number of halogens is 1. The zero-order valence-corrected chi connectivity index (χ0v) is 7.87. The zero-order valence-electron chi connectivity index (χ0n) is 7.11. The quantitative estimate of drug-likeness (QED) is 0.541. The second-order valence-corrected chi connectivity index (χ2v) is 3.02. The van der Waals surface area contributed by atoms with E-state index in [4.69, 9.17) is 11.6 Å². The third kappa shape index (κ3) is 1.67. The third-order valence-electron chi connectivity index (χ3n) is 1.72.